The number of likely N-dealkylation sites (tertiary alicyclic amines) is 1. The van der Waals surface area contributed by atoms with Crippen LogP contribution in [0.1, 0.15) is 47.7 Å². The van der Waals surface area contributed by atoms with Gasteiger partial charge in [-0.15, -0.1) is 11.3 Å². The Morgan fingerprint density at radius 2 is 1.86 bits per heavy atom. The number of hydrogen-bond acceptors (Lipinski definition) is 5. The van der Waals surface area contributed by atoms with E-state index < -0.39 is 0 Å². The lowest BCUT2D eigenvalue weighted by atomic mass is 10.1. The van der Waals surface area contributed by atoms with Crippen molar-refractivity contribution < 1.29 is 9.53 Å². The number of hydrogen-bond donors (Lipinski definition) is 1. The summed E-state index contributed by atoms with van der Waals surface area (Å²) in [6.45, 7) is 11.1. The second-order valence-corrected chi connectivity index (χ2v) is 8.60. The molecule has 6 heteroatoms. The van der Waals surface area contributed by atoms with Gasteiger partial charge in [0.2, 0.25) is 0 Å². The summed E-state index contributed by atoms with van der Waals surface area (Å²) in [5.74, 6) is 0.651. The molecular weight excluding hydrogens is 382 g/mol. The number of ether oxygens (including phenoxy) is 1. The number of para-hydroxylation sites is 2. The quantitative estimate of drug-likeness (QED) is 0.611. The van der Waals surface area contributed by atoms with Gasteiger partial charge in [0.1, 0.15) is 12.4 Å². The van der Waals surface area contributed by atoms with Crippen LogP contribution in [0.5, 0.6) is 5.75 Å². The van der Waals surface area contributed by atoms with Crippen molar-refractivity contribution in [1.82, 2.24) is 9.80 Å². The molecule has 1 amide bonds. The lowest BCUT2D eigenvalue weighted by Crippen LogP contribution is -2.28. The Morgan fingerprint density at radius 3 is 2.62 bits per heavy atom. The Kier molecular flexibility index (Phi) is 8.52. The van der Waals surface area contributed by atoms with Crippen LogP contribution in [0.2, 0.25) is 0 Å². The highest BCUT2D eigenvalue weighted by atomic mass is 32.1. The Balaban J connectivity index is 1.56. The molecule has 0 saturated carbocycles. The van der Waals surface area contributed by atoms with Crippen LogP contribution in [-0.4, -0.2) is 55.0 Å². The third-order valence-corrected chi connectivity index (χ3v) is 6.48. The number of anilines is 1. The average Bonchev–Trinajstić information content (AvgIpc) is 3.22. The smallest absolute Gasteiger partial charge is 0.265 e. The zero-order chi connectivity index (χ0) is 20.5. The predicted octanol–water partition coefficient (Wildman–Crippen LogP) is 4.71. The highest BCUT2D eigenvalue weighted by Gasteiger charge is 2.15. The molecule has 1 saturated heterocycles. The summed E-state index contributed by atoms with van der Waals surface area (Å²) in [5, 5.41) is 3.03. The second kappa shape index (κ2) is 11.3. The number of amides is 1. The van der Waals surface area contributed by atoms with Crippen molar-refractivity contribution in [3.63, 3.8) is 0 Å². The number of carbonyl (C=O) groups is 1. The normalized spacial score (nSPS) is 14.9. The molecule has 0 radical (unpaired) electrons. The highest BCUT2D eigenvalue weighted by Crippen LogP contribution is 2.26. The monoisotopic (exact) mass is 415 g/mol. The van der Waals surface area contributed by atoms with E-state index in [1.165, 1.54) is 24.1 Å². The first kappa shape index (κ1) is 21.8. The fraction of sp³-hybridized carbons (Fsp3) is 0.522. The lowest BCUT2D eigenvalue weighted by molar-refractivity contribution is 0.103. The van der Waals surface area contributed by atoms with Crippen LogP contribution in [0.4, 0.5) is 5.69 Å². The molecule has 1 fully saturated rings. The Hall–Kier alpha value is -1.89. The topological polar surface area (TPSA) is 44.8 Å². The number of piperidine rings is 1. The van der Waals surface area contributed by atoms with Crippen molar-refractivity contribution in [1.29, 1.82) is 0 Å². The van der Waals surface area contributed by atoms with Crippen molar-refractivity contribution in [3.8, 4) is 5.75 Å². The summed E-state index contributed by atoms with van der Waals surface area (Å²) in [7, 11) is 0. The van der Waals surface area contributed by atoms with Crippen LogP contribution >= 0.6 is 11.3 Å². The van der Waals surface area contributed by atoms with Gasteiger partial charge in [-0.3, -0.25) is 9.69 Å². The van der Waals surface area contributed by atoms with E-state index in [1.807, 2.05) is 30.3 Å². The fourth-order valence-electron chi connectivity index (χ4n) is 3.63. The molecule has 3 rings (SSSR count). The van der Waals surface area contributed by atoms with Crippen LogP contribution in [0.3, 0.4) is 0 Å². The zero-order valence-electron chi connectivity index (χ0n) is 17.7. The van der Waals surface area contributed by atoms with Crippen molar-refractivity contribution in [2.45, 2.75) is 39.7 Å². The van der Waals surface area contributed by atoms with Gasteiger partial charge in [-0.25, -0.2) is 0 Å². The fourth-order valence-corrected chi connectivity index (χ4v) is 4.57. The maximum absolute atomic E-state index is 12.8. The number of benzene rings is 1. The molecule has 0 atom stereocenters. The summed E-state index contributed by atoms with van der Waals surface area (Å²) < 4.78 is 5.95. The van der Waals surface area contributed by atoms with Crippen LogP contribution in [0.25, 0.3) is 0 Å². The van der Waals surface area contributed by atoms with E-state index in [0.717, 1.165) is 55.6 Å². The van der Waals surface area contributed by atoms with Gasteiger partial charge in [-0.1, -0.05) is 32.4 Å². The molecule has 5 nitrogen and oxygen atoms in total. The van der Waals surface area contributed by atoms with Gasteiger partial charge < -0.3 is 15.0 Å². The Morgan fingerprint density at radius 1 is 1.10 bits per heavy atom. The van der Waals surface area contributed by atoms with E-state index in [-0.39, 0.29) is 5.91 Å². The largest absolute Gasteiger partial charge is 0.490 e. The molecule has 1 aliphatic heterocycles. The van der Waals surface area contributed by atoms with Gasteiger partial charge in [0.25, 0.3) is 5.91 Å². The van der Waals surface area contributed by atoms with Crippen LogP contribution in [0, 0.1) is 0 Å². The van der Waals surface area contributed by atoms with Crippen LogP contribution in [-0.2, 0) is 6.54 Å². The second-order valence-electron chi connectivity index (χ2n) is 7.43. The molecule has 1 N–H and O–H groups in total. The standard InChI is InChI=1S/C23H33N3O2S/c1-3-25(4-2)16-17-28-21-11-7-6-10-20(21)24-23(27)22-13-12-19(29-22)18-26-14-8-5-9-15-26/h6-7,10-13H,3-5,8-9,14-18H2,1-2H3,(H,24,27). The van der Waals surface area contributed by atoms with Crippen LogP contribution in [0.15, 0.2) is 36.4 Å². The van der Waals surface area contributed by atoms with Gasteiger partial charge in [-0.2, -0.15) is 0 Å². The van der Waals surface area contributed by atoms with E-state index in [4.69, 9.17) is 4.74 Å². The molecule has 29 heavy (non-hydrogen) atoms. The molecule has 0 unspecified atom stereocenters. The average molecular weight is 416 g/mol. The van der Waals surface area contributed by atoms with Crippen LogP contribution < -0.4 is 10.1 Å². The number of thiophene rings is 1. The van der Waals surface area contributed by atoms with Gasteiger partial charge in [0.15, 0.2) is 0 Å². The maximum Gasteiger partial charge on any atom is 0.265 e. The number of nitrogens with zero attached hydrogens (tertiary/aromatic N) is 2. The molecule has 1 aliphatic rings. The molecule has 0 bridgehead atoms. The molecule has 0 spiro atoms. The van der Waals surface area contributed by atoms with Gasteiger partial charge in [0, 0.05) is 18.0 Å². The number of nitrogens with one attached hydrogen (secondary N) is 1. The minimum atomic E-state index is -0.0697. The van der Waals surface area contributed by atoms with E-state index >= 15 is 0 Å². The summed E-state index contributed by atoms with van der Waals surface area (Å²) in [6.07, 6.45) is 3.90. The molecule has 0 aliphatic carbocycles. The Labute approximate surface area is 178 Å². The molecule has 2 heterocycles. The maximum atomic E-state index is 12.8. The number of rotatable bonds is 10. The lowest BCUT2D eigenvalue weighted by Gasteiger charge is -2.25. The van der Waals surface area contributed by atoms with Crippen molar-refractivity contribution in [3.05, 3.63) is 46.2 Å². The molecule has 158 valence electrons. The molecule has 2 aromatic rings. The molecule has 1 aromatic carbocycles. The van der Waals surface area contributed by atoms with E-state index in [0.29, 0.717) is 6.61 Å². The number of likely N-dealkylation sites (N-methyl/N-ethyl adjacent to an activating group) is 1. The third kappa shape index (κ3) is 6.56. The Bertz CT molecular complexity index is 767. The first-order valence-electron chi connectivity index (χ1n) is 10.8. The first-order valence-corrected chi connectivity index (χ1v) is 11.6. The third-order valence-electron chi connectivity index (χ3n) is 5.41. The molecular formula is C23H33N3O2S. The van der Waals surface area contributed by atoms with Crippen molar-refractivity contribution >= 4 is 22.9 Å². The van der Waals surface area contributed by atoms with Gasteiger partial charge in [-0.05, 0) is 63.3 Å². The summed E-state index contributed by atoms with van der Waals surface area (Å²) in [5.41, 5.74) is 0.725. The van der Waals surface area contributed by atoms with E-state index in [2.05, 4.69) is 35.0 Å². The summed E-state index contributed by atoms with van der Waals surface area (Å²) >= 11 is 1.59. The summed E-state index contributed by atoms with van der Waals surface area (Å²) in [4.78, 5) is 19.6. The molecule has 1 aromatic heterocycles. The summed E-state index contributed by atoms with van der Waals surface area (Å²) in [6, 6.07) is 11.7. The van der Waals surface area contributed by atoms with Crippen molar-refractivity contribution in [2.75, 3.05) is 44.6 Å². The van der Waals surface area contributed by atoms with E-state index in [9.17, 15) is 4.79 Å². The zero-order valence-corrected chi connectivity index (χ0v) is 18.5. The number of carbonyl (C=O) groups excluding carboxylic acids is 1. The van der Waals surface area contributed by atoms with Crippen molar-refractivity contribution in [2.24, 2.45) is 0 Å². The SMILES string of the molecule is CCN(CC)CCOc1ccccc1NC(=O)c1ccc(CN2CCCCC2)s1. The predicted molar refractivity (Wildman–Crippen MR) is 121 cm³/mol. The highest BCUT2D eigenvalue weighted by molar-refractivity contribution is 7.14. The van der Waals surface area contributed by atoms with E-state index in [1.54, 1.807) is 11.3 Å². The van der Waals surface area contributed by atoms with Gasteiger partial charge >= 0.3 is 0 Å². The minimum absolute atomic E-state index is 0.0697. The van der Waals surface area contributed by atoms with Gasteiger partial charge in [0.05, 0.1) is 10.6 Å². The minimum Gasteiger partial charge on any atom is -0.490 e. The first-order chi connectivity index (χ1) is 14.2.